The van der Waals surface area contributed by atoms with Crippen molar-refractivity contribution in [1.82, 2.24) is 5.16 Å². The van der Waals surface area contributed by atoms with Gasteiger partial charge in [-0.25, -0.2) is 4.57 Å². The molecule has 1 fully saturated rings. The van der Waals surface area contributed by atoms with E-state index >= 15 is 0 Å². The molecule has 18 heavy (non-hydrogen) atoms. The van der Waals surface area contributed by atoms with Crippen molar-refractivity contribution in [1.29, 1.82) is 0 Å². The molecule has 5 N–H and O–H groups in total. The summed E-state index contributed by atoms with van der Waals surface area (Å²) in [6.45, 7) is 0. The van der Waals surface area contributed by atoms with Crippen LogP contribution in [0.3, 0.4) is 0 Å². The van der Waals surface area contributed by atoms with Crippen LogP contribution in [-0.2, 0) is 4.57 Å². The van der Waals surface area contributed by atoms with Crippen molar-refractivity contribution in [3.8, 4) is 0 Å². The first-order chi connectivity index (χ1) is 8.18. The van der Waals surface area contributed by atoms with E-state index in [4.69, 9.17) is 29.0 Å². The van der Waals surface area contributed by atoms with Gasteiger partial charge < -0.3 is 14.3 Å². The van der Waals surface area contributed by atoms with Crippen molar-refractivity contribution in [3.63, 3.8) is 0 Å². The van der Waals surface area contributed by atoms with Gasteiger partial charge in [0.05, 0.1) is 0 Å². The summed E-state index contributed by atoms with van der Waals surface area (Å²) in [6, 6.07) is 1.34. The van der Waals surface area contributed by atoms with Crippen molar-refractivity contribution in [2.75, 3.05) is 0 Å². The Balaban J connectivity index is 2.34. The highest BCUT2D eigenvalue weighted by atomic mass is 31.3. The predicted molar refractivity (Wildman–Crippen MR) is 61.2 cm³/mol. The molecule has 2 rings (SSSR count). The summed E-state index contributed by atoms with van der Waals surface area (Å²) in [5.74, 6) is 0.505. The van der Waals surface area contributed by atoms with E-state index in [0.717, 1.165) is 12.8 Å². The predicted octanol–water partition coefficient (Wildman–Crippen LogP) is 0.457. The van der Waals surface area contributed by atoms with Crippen LogP contribution in [-0.4, -0.2) is 34.8 Å². The van der Waals surface area contributed by atoms with Crippen molar-refractivity contribution in [3.05, 3.63) is 11.8 Å². The molecule has 100 valence electrons. The Kier molecular flexibility index (Phi) is 3.42. The Morgan fingerprint density at radius 2 is 2.06 bits per heavy atom. The number of hydrogen-bond donors (Lipinski definition) is 5. The molecule has 0 saturated heterocycles. The van der Waals surface area contributed by atoms with Gasteiger partial charge in [-0.15, -0.1) is 0 Å². The summed E-state index contributed by atoms with van der Waals surface area (Å²) in [5.41, 5.74) is 0. The van der Waals surface area contributed by atoms with Crippen LogP contribution in [0.2, 0.25) is 0 Å². The molecule has 0 bridgehead atoms. The first-order valence-electron chi connectivity index (χ1n) is 4.87. The number of hydrogen-bond acceptors (Lipinski definition) is 7. The van der Waals surface area contributed by atoms with Gasteiger partial charge in [-0.05, 0) is 12.8 Å². The molecule has 1 saturated carbocycles. The lowest BCUT2D eigenvalue weighted by molar-refractivity contribution is 0.349. The monoisotopic (exact) mass is 297 g/mol. The third kappa shape index (κ3) is 3.21. The van der Waals surface area contributed by atoms with Crippen LogP contribution in [0.15, 0.2) is 15.6 Å². The van der Waals surface area contributed by atoms with E-state index in [1.54, 1.807) is 0 Å². The Morgan fingerprint density at radius 3 is 2.50 bits per heavy atom. The van der Waals surface area contributed by atoms with Crippen LogP contribution in [0.25, 0.3) is 0 Å². The molecule has 1 aliphatic rings. The minimum absolute atomic E-state index is 0.219. The first-order valence-corrected chi connectivity index (χ1v) is 8.13. The molecular weight excluding hydrogens is 286 g/mol. The Hall–Kier alpha value is -0.660. The second-order valence-corrected chi connectivity index (χ2v) is 7.31. The van der Waals surface area contributed by atoms with Crippen LogP contribution in [0.1, 0.15) is 24.5 Å². The van der Waals surface area contributed by atoms with Crippen molar-refractivity contribution in [2.24, 2.45) is 4.99 Å². The SMILES string of the molecule is O=P(O)(O)C(=Nc1cc(C2CC2)on1)[P+](O)(O)O. The average Bonchev–Trinajstić information content (AvgIpc) is 2.92. The molecule has 9 nitrogen and oxygen atoms in total. The zero-order valence-corrected chi connectivity index (χ0v) is 10.7. The standard InChI is InChI=1S/C7H10N2O7P2/c10-17(11,12)7(18(13,14)15)8-6-3-5(16-9-6)4-1-2-4/h3-4,10-12H,1-2H2,(H-,13,14,15)/p+1. The highest BCUT2D eigenvalue weighted by Gasteiger charge is 2.52. The molecule has 11 heteroatoms. The lowest BCUT2D eigenvalue weighted by atomic mass is 10.3. The molecule has 1 aromatic heterocycles. The van der Waals surface area contributed by atoms with Crippen LogP contribution in [0.4, 0.5) is 5.82 Å². The van der Waals surface area contributed by atoms with Gasteiger partial charge in [0.2, 0.25) is 0 Å². The van der Waals surface area contributed by atoms with Gasteiger partial charge in [0.1, 0.15) is 5.76 Å². The average molecular weight is 297 g/mol. The van der Waals surface area contributed by atoms with Gasteiger partial charge in [0.15, 0.2) is 5.82 Å². The highest BCUT2D eigenvalue weighted by Crippen LogP contribution is 2.61. The van der Waals surface area contributed by atoms with Crippen LogP contribution in [0.5, 0.6) is 0 Å². The maximum Gasteiger partial charge on any atom is 0.469 e. The number of aromatic nitrogens is 1. The molecular formula is C7H11N2O7P2+. The number of aliphatic imine (C=N–C) groups is 1. The molecule has 0 aliphatic heterocycles. The fraction of sp³-hybridized carbons (Fsp3) is 0.429. The third-order valence-electron chi connectivity index (χ3n) is 2.24. The summed E-state index contributed by atoms with van der Waals surface area (Å²) < 4.78 is 15.9. The highest BCUT2D eigenvalue weighted by molar-refractivity contribution is 8.00. The van der Waals surface area contributed by atoms with E-state index in [9.17, 15) is 4.57 Å². The second-order valence-electron chi connectivity index (χ2n) is 3.89. The van der Waals surface area contributed by atoms with Crippen molar-refractivity contribution < 1.29 is 33.6 Å². The zero-order chi connectivity index (χ0) is 13.6. The van der Waals surface area contributed by atoms with E-state index in [-0.39, 0.29) is 11.7 Å². The maximum absolute atomic E-state index is 11.0. The fourth-order valence-electron chi connectivity index (χ4n) is 1.30. The topological polar surface area (TPSA) is 157 Å². The molecule has 1 aliphatic carbocycles. The smallest absolute Gasteiger partial charge is 0.359 e. The molecule has 0 aromatic carbocycles. The minimum Gasteiger partial charge on any atom is -0.359 e. The Bertz CT molecular complexity index is 524. The van der Waals surface area contributed by atoms with E-state index < -0.39 is 20.7 Å². The van der Waals surface area contributed by atoms with Crippen LogP contribution >= 0.6 is 15.5 Å². The molecule has 0 spiro atoms. The molecule has 0 unspecified atom stereocenters. The zero-order valence-electron chi connectivity index (χ0n) is 8.91. The summed E-state index contributed by atoms with van der Waals surface area (Å²) in [7, 11) is -10.0. The Labute approximate surface area is 102 Å². The minimum atomic E-state index is -5.09. The molecule has 1 aromatic rings. The Morgan fingerprint density at radius 1 is 1.44 bits per heavy atom. The lowest BCUT2D eigenvalue weighted by Gasteiger charge is -2.06. The summed E-state index contributed by atoms with van der Waals surface area (Å²) in [6.07, 6.45) is 1.86. The normalized spacial score (nSPS) is 18.2. The molecule has 0 atom stereocenters. The van der Waals surface area contributed by atoms with Gasteiger partial charge in [-0.2, -0.15) is 19.7 Å². The number of rotatable bonds is 4. The van der Waals surface area contributed by atoms with Crippen molar-refractivity contribution in [2.45, 2.75) is 18.8 Å². The molecule has 1 heterocycles. The largest absolute Gasteiger partial charge is 0.469 e. The summed E-state index contributed by atoms with van der Waals surface area (Å²) in [4.78, 5) is 47.9. The number of nitrogens with zero attached hydrogens (tertiary/aromatic N) is 2. The quantitative estimate of drug-likeness (QED) is 0.396. The lowest BCUT2D eigenvalue weighted by Crippen LogP contribution is -2.05. The summed E-state index contributed by atoms with van der Waals surface area (Å²) >= 11 is 0. The van der Waals surface area contributed by atoms with E-state index in [1.165, 1.54) is 6.07 Å². The van der Waals surface area contributed by atoms with Gasteiger partial charge in [-0.1, -0.05) is 5.16 Å². The van der Waals surface area contributed by atoms with Crippen LogP contribution in [0, 0.1) is 0 Å². The first kappa shape index (κ1) is 13.8. The third-order valence-corrected chi connectivity index (χ3v) is 5.08. The fourth-order valence-corrected chi connectivity index (χ4v) is 3.17. The van der Waals surface area contributed by atoms with E-state index in [2.05, 4.69) is 10.1 Å². The van der Waals surface area contributed by atoms with E-state index in [0.29, 0.717) is 5.76 Å². The van der Waals surface area contributed by atoms with Crippen LogP contribution < -0.4 is 0 Å². The van der Waals surface area contributed by atoms with E-state index in [1.807, 2.05) is 0 Å². The maximum atomic E-state index is 11.0. The second kappa shape index (κ2) is 4.47. The van der Waals surface area contributed by atoms with Gasteiger partial charge >= 0.3 is 20.7 Å². The van der Waals surface area contributed by atoms with Crippen molar-refractivity contribution >= 4 is 26.6 Å². The van der Waals surface area contributed by atoms with Gasteiger partial charge in [0, 0.05) is 12.0 Å². The van der Waals surface area contributed by atoms with Gasteiger partial charge in [-0.3, -0.25) is 0 Å². The summed E-state index contributed by atoms with van der Waals surface area (Å²) in [5, 5.41) is 2.03. The molecule has 0 radical (unpaired) electrons. The van der Waals surface area contributed by atoms with Gasteiger partial charge in [0.25, 0.3) is 0 Å². The molecule has 0 amide bonds.